The molecule has 0 fully saturated rings. The highest BCUT2D eigenvalue weighted by Crippen LogP contribution is 2.29. The van der Waals surface area contributed by atoms with Crippen molar-refractivity contribution in [1.29, 1.82) is 0 Å². The van der Waals surface area contributed by atoms with Gasteiger partial charge in [0, 0.05) is 30.6 Å². The average Bonchev–Trinajstić information content (AvgIpc) is 3.40. The van der Waals surface area contributed by atoms with E-state index in [9.17, 15) is 18.7 Å². The van der Waals surface area contributed by atoms with Crippen LogP contribution in [-0.4, -0.2) is 29.4 Å². The molecule has 5 rings (SSSR count). The molecule has 4 aromatic rings. The SMILES string of the molecule is [2H]C([2H])(Oc1cc2n(c(=O)c1Cl)-c1cc(-n3ccc(C(C)(C)O)n3)ncc1CCC/C=C/2)c1ncc(F)cc1F. The van der Waals surface area contributed by atoms with Gasteiger partial charge in [0.15, 0.2) is 11.6 Å². The highest BCUT2D eigenvalue weighted by Gasteiger charge is 2.22. The first-order valence-electron chi connectivity index (χ1n) is 12.8. The van der Waals surface area contributed by atoms with Crippen molar-refractivity contribution in [2.45, 2.75) is 45.3 Å². The molecule has 38 heavy (non-hydrogen) atoms. The Labute approximate surface area is 224 Å². The Morgan fingerprint density at radius 2 is 2.05 bits per heavy atom. The Balaban J connectivity index is 1.63. The van der Waals surface area contributed by atoms with E-state index in [2.05, 4.69) is 15.1 Å². The van der Waals surface area contributed by atoms with E-state index in [0.29, 0.717) is 48.0 Å². The van der Waals surface area contributed by atoms with Crippen LogP contribution in [0.3, 0.4) is 0 Å². The van der Waals surface area contributed by atoms with Gasteiger partial charge in [-0.25, -0.2) is 18.4 Å². The summed E-state index contributed by atoms with van der Waals surface area (Å²) in [6, 6.07) is 5.20. The lowest BCUT2D eigenvalue weighted by atomic mass is 10.1. The van der Waals surface area contributed by atoms with Crippen molar-refractivity contribution in [3.05, 3.63) is 98.6 Å². The van der Waals surface area contributed by atoms with E-state index in [1.165, 1.54) is 15.3 Å². The molecule has 4 aromatic heterocycles. The molecule has 8 nitrogen and oxygen atoms in total. The number of aromatic nitrogens is 5. The number of pyridine rings is 3. The Morgan fingerprint density at radius 1 is 1.24 bits per heavy atom. The van der Waals surface area contributed by atoms with E-state index >= 15 is 0 Å². The van der Waals surface area contributed by atoms with Crippen molar-refractivity contribution in [3.8, 4) is 17.3 Å². The van der Waals surface area contributed by atoms with Crippen LogP contribution < -0.4 is 10.3 Å². The lowest BCUT2D eigenvalue weighted by Gasteiger charge is -2.18. The molecule has 196 valence electrons. The van der Waals surface area contributed by atoms with Crippen molar-refractivity contribution in [1.82, 2.24) is 24.3 Å². The van der Waals surface area contributed by atoms with Crippen molar-refractivity contribution >= 4 is 17.7 Å². The minimum atomic E-state index is -2.87. The number of rotatable bonds is 5. The van der Waals surface area contributed by atoms with E-state index < -0.39 is 40.1 Å². The first kappa shape index (κ1) is 23.2. The van der Waals surface area contributed by atoms with Gasteiger partial charge in [-0.15, -0.1) is 0 Å². The standard InChI is InChI=1S/C27H24ClF2N5O3/c1-27(2,37)23-8-9-34(33-23)24-12-21-16(13-32-24)6-4-3-5-7-18-11-22(25(28)26(36)35(18)21)38-15-20-19(30)10-17(29)14-31-20/h5,7-14,37H,3-4,6,15H2,1-2H3/b7-5+/i15D2. The van der Waals surface area contributed by atoms with Crippen LogP contribution in [0.25, 0.3) is 17.6 Å². The number of nitrogens with zero attached hydrogens (tertiary/aromatic N) is 5. The van der Waals surface area contributed by atoms with E-state index in [4.69, 9.17) is 19.1 Å². The lowest BCUT2D eigenvalue weighted by Crippen LogP contribution is -2.23. The summed E-state index contributed by atoms with van der Waals surface area (Å²) in [6.45, 7) is 0.357. The number of hydrogen-bond acceptors (Lipinski definition) is 6. The topological polar surface area (TPSA) is 95.1 Å². The second-order valence-corrected chi connectivity index (χ2v) is 9.62. The smallest absolute Gasteiger partial charge is 0.278 e. The molecule has 1 aliphatic heterocycles. The third-order valence-corrected chi connectivity index (χ3v) is 6.30. The molecule has 0 amide bonds. The van der Waals surface area contributed by atoms with Gasteiger partial charge >= 0.3 is 0 Å². The second kappa shape index (κ2) is 10.1. The van der Waals surface area contributed by atoms with Crippen LogP contribution in [0.2, 0.25) is 5.02 Å². The maximum Gasteiger partial charge on any atom is 0.278 e. The molecular formula is C27H24ClF2N5O3. The highest BCUT2D eigenvalue weighted by atomic mass is 35.5. The van der Waals surface area contributed by atoms with Crippen molar-refractivity contribution in [2.24, 2.45) is 0 Å². The fraction of sp³-hybridized carbons (Fsp3) is 0.259. The number of halogens is 3. The fourth-order valence-electron chi connectivity index (χ4n) is 4.00. The monoisotopic (exact) mass is 541 g/mol. The Bertz CT molecular complexity index is 1700. The van der Waals surface area contributed by atoms with Crippen molar-refractivity contribution < 1.29 is 21.4 Å². The van der Waals surface area contributed by atoms with E-state index in [1.54, 1.807) is 44.4 Å². The van der Waals surface area contributed by atoms with Crippen LogP contribution in [0.1, 0.15) is 52.1 Å². The van der Waals surface area contributed by atoms with Gasteiger partial charge in [0.1, 0.15) is 34.4 Å². The third-order valence-electron chi connectivity index (χ3n) is 5.95. The number of allylic oxidation sites excluding steroid dienone is 1. The van der Waals surface area contributed by atoms with Crippen LogP contribution in [0.5, 0.6) is 5.75 Å². The summed E-state index contributed by atoms with van der Waals surface area (Å²) in [5.74, 6) is -2.17. The maximum absolute atomic E-state index is 14.3. The molecular weight excluding hydrogens is 516 g/mol. The summed E-state index contributed by atoms with van der Waals surface area (Å²) < 4.78 is 52.3. The second-order valence-electron chi connectivity index (χ2n) is 9.25. The number of aliphatic hydroxyl groups is 1. The summed E-state index contributed by atoms with van der Waals surface area (Å²) in [7, 11) is 0. The van der Waals surface area contributed by atoms with Gasteiger partial charge in [0.25, 0.3) is 5.56 Å². The predicted octanol–water partition coefficient (Wildman–Crippen LogP) is 4.90. The van der Waals surface area contributed by atoms with Crippen LogP contribution in [0.15, 0.2) is 53.7 Å². The number of ether oxygens (including phenoxy) is 1. The first-order chi connectivity index (χ1) is 18.8. The van der Waals surface area contributed by atoms with E-state index in [1.807, 2.05) is 6.08 Å². The molecule has 0 saturated heterocycles. The van der Waals surface area contributed by atoms with E-state index in [-0.39, 0.29) is 5.75 Å². The quantitative estimate of drug-likeness (QED) is 0.386. The van der Waals surface area contributed by atoms with Gasteiger partial charge in [-0.1, -0.05) is 17.7 Å². The summed E-state index contributed by atoms with van der Waals surface area (Å²) in [5, 5.41) is 14.3. The maximum atomic E-state index is 14.3. The molecule has 0 aliphatic carbocycles. The summed E-state index contributed by atoms with van der Waals surface area (Å²) in [6.07, 6.45) is 9.58. The van der Waals surface area contributed by atoms with Crippen LogP contribution in [0.4, 0.5) is 8.78 Å². The zero-order chi connectivity index (χ0) is 28.8. The molecule has 0 aromatic carbocycles. The van der Waals surface area contributed by atoms with Gasteiger partial charge in [-0.2, -0.15) is 5.10 Å². The van der Waals surface area contributed by atoms with Gasteiger partial charge < -0.3 is 9.84 Å². The molecule has 1 aliphatic rings. The zero-order valence-corrected chi connectivity index (χ0v) is 21.2. The summed E-state index contributed by atoms with van der Waals surface area (Å²) >= 11 is 6.42. The van der Waals surface area contributed by atoms with Gasteiger partial charge in [0.2, 0.25) is 0 Å². The van der Waals surface area contributed by atoms with Crippen LogP contribution in [-0.2, 0) is 18.6 Å². The molecule has 5 heterocycles. The minimum Gasteiger partial charge on any atom is -0.485 e. The molecule has 0 spiro atoms. The highest BCUT2D eigenvalue weighted by molar-refractivity contribution is 6.31. The normalized spacial score (nSPS) is 15.3. The van der Waals surface area contributed by atoms with Crippen LogP contribution in [0, 0.1) is 11.6 Å². The fourth-order valence-corrected chi connectivity index (χ4v) is 4.18. The largest absolute Gasteiger partial charge is 0.485 e. The van der Waals surface area contributed by atoms with Gasteiger partial charge in [-0.3, -0.25) is 14.3 Å². The molecule has 0 atom stereocenters. The van der Waals surface area contributed by atoms with E-state index in [0.717, 1.165) is 12.0 Å². The third kappa shape index (κ3) is 5.09. The molecule has 0 saturated carbocycles. The first-order valence-corrected chi connectivity index (χ1v) is 12.1. The summed E-state index contributed by atoms with van der Waals surface area (Å²) in [4.78, 5) is 21.7. The molecule has 1 N–H and O–H groups in total. The zero-order valence-electron chi connectivity index (χ0n) is 22.5. The Morgan fingerprint density at radius 3 is 2.79 bits per heavy atom. The molecule has 11 heteroatoms. The van der Waals surface area contributed by atoms with Crippen molar-refractivity contribution in [3.63, 3.8) is 0 Å². The number of fused-ring (bicyclic) bond motifs is 3. The minimum absolute atomic E-state index is 0.325. The van der Waals surface area contributed by atoms with Crippen LogP contribution >= 0.6 is 11.6 Å². The lowest BCUT2D eigenvalue weighted by molar-refractivity contribution is 0.0734. The number of hydrogen-bond donors (Lipinski definition) is 1. The van der Waals surface area contributed by atoms with Gasteiger partial charge in [0.05, 0.1) is 26.0 Å². The molecule has 0 radical (unpaired) electrons. The molecule has 0 bridgehead atoms. The van der Waals surface area contributed by atoms with Gasteiger partial charge in [-0.05, 0) is 50.8 Å². The Kier molecular flexibility index (Phi) is 6.18. The predicted molar refractivity (Wildman–Crippen MR) is 138 cm³/mol. The average molecular weight is 542 g/mol. The Hall–Kier alpha value is -3.89. The molecule has 0 unspecified atom stereocenters. The van der Waals surface area contributed by atoms with Crippen molar-refractivity contribution in [2.75, 3.05) is 0 Å². The number of aryl methyl sites for hydroxylation is 1. The summed E-state index contributed by atoms with van der Waals surface area (Å²) in [5.41, 5.74) is -0.657.